The molecule has 0 amide bonds. The van der Waals surface area contributed by atoms with Crippen LogP contribution in [0.3, 0.4) is 0 Å². The van der Waals surface area contributed by atoms with E-state index in [4.69, 9.17) is 0 Å². The Labute approximate surface area is 70.8 Å². The fourth-order valence-electron chi connectivity index (χ4n) is 1.32. The second kappa shape index (κ2) is 2.64. The quantitative estimate of drug-likeness (QED) is 0.661. The van der Waals surface area contributed by atoms with Gasteiger partial charge < -0.3 is 10.1 Å². The number of aromatic amines is 1. The van der Waals surface area contributed by atoms with Crippen LogP contribution in [-0.4, -0.2) is 10.1 Å². The van der Waals surface area contributed by atoms with Gasteiger partial charge in [0.1, 0.15) is 0 Å². The van der Waals surface area contributed by atoms with Crippen LogP contribution < -0.4 is 0 Å². The summed E-state index contributed by atoms with van der Waals surface area (Å²) in [6.07, 6.45) is -0.419. The second-order valence-electron chi connectivity index (χ2n) is 2.99. The zero-order valence-corrected chi connectivity index (χ0v) is 6.91. The largest absolute Gasteiger partial charge is 0.387 e. The maximum absolute atomic E-state index is 9.29. The van der Waals surface area contributed by atoms with Crippen molar-refractivity contribution in [2.75, 3.05) is 0 Å². The lowest BCUT2D eigenvalue weighted by atomic mass is 10.2. The molecule has 1 aromatic carbocycles. The van der Waals surface area contributed by atoms with Crippen LogP contribution in [0.4, 0.5) is 0 Å². The van der Waals surface area contributed by atoms with E-state index in [9.17, 15) is 5.11 Å². The Morgan fingerprint density at radius 3 is 2.75 bits per heavy atom. The summed E-state index contributed by atoms with van der Waals surface area (Å²) in [5.74, 6) is 0. The Morgan fingerprint density at radius 1 is 1.33 bits per heavy atom. The van der Waals surface area contributed by atoms with Crippen LogP contribution in [0.1, 0.15) is 18.7 Å². The van der Waals surface area contributed by atoms with Gasteiger partial charge in [0.25, 0.3) is 0 Å². The summed E-state index contributed by atoms with van der Waals surface area (Å²) >= 11 is 0. The summed E-state index contributed by atoms with van der Waals surface area (Å²) in [7, 11) is 0. The number of fused-ring (bicyclic) bond motifs is 1. The van der Waals surface area contributed by atoms with Crippen molar-refractivity contribution in [1.82, 2.24) is 4.98 Å². The summed E-state index contributed by atoms with van der Waals surface area (Å²) in [6.45, 7) is 1.75. The Kier molecular flexibility index (Phi) is 1.62. The standard InChI is InChI=1S/C10H11NO/c1-7(12)10-6-8-4-2-3-5-9(8)11-10/h2-7,11-12H,1H3/t7-/m1/s1. The highest BCUT2D eigenvalue weighted by molar-refractivity contribution is 5.80. The zero-order valence-electron chi connectivity index (χ0n) is 6.91. The van der Waals surface area contributed by atoms with Crippen molar-refractivity contribution in [2.45, 2.75) is 13.0 Å². The molecule has 0 saturated carbocycles. The predicted octanol–water partition coefficient (Wildman–Crippen LogP) is 2.22. The highest BCUT2D eigenvalue weighted by Gasteiger charge is 2.03. The van der Waals surface area contributed by atoms with E-state index < -0.39 is 6.10 Å². The molecule has 0 radical (unpaired) electrons. The Hall–Kier alpha value is -1.28. The van der Waals surface area contributed by atoms with Gasteiger partial charge in [-0.25, -0.2) is 0 Å². The molecular weight excluding hydrogens is 150 g/mol. The van der Waals surface area contributed by atoms with Gasteiger partial charge in [0.15, 0.2) is 0 Å². The van der Waals surface area contributed by atoms with Crippen LogP contribution in [0.15, 0.2) is 30.3 Å². The van der Waals surface area contributed by atoms with Gasteiger partial charge in [-0.05, 0) is 24.4 Å². The van der Waals surface area contributed by atoms with Crippen LogP contribution in [0.25, 0.3) is 10.9 Å². The molecule has 2 N–H and O–H groups in total. The lowest BCUT2D eigenvalue weighted by Gasteiger charge is -1.97. The topological polar surface area (TPSA) is 36.0 Å². The Bertz CT molecular complexity index is 356. The van der Waals surface area contributed by atoms with E-state index >= 15 is 0 Å². The van der Waals surface area contributed by atoms with Gasteiger partial charge in [-0.3, -0.25) is 0 Å². The van der Waals surface area contributed by atoms with Gasteiger partial charge in [0.05, 0.1) is 6.10 Å². The summed E-state index contributed by atoms with van der Waals surface area (Å²) < 4.78 is 0. The molecule has 0 bridgehead atoms. The van der Waals surface area contributed by atoms with Gasteiger partial charge >= 0.3 is 0 Å². The summed E-state index contributed by atoms with van der Waals surface area (Å²) in [5, 5.41) is 10.4. The minimum atomic E-state index is -0.419. The molecule has 0 aliphatic heterocycles. The molecule has 0 spiro atoms. The molecule has 62 valence electrons. The summed E-state index contributed by atoms with van der Waals surface area (Å²) in [4.78, 5) is 3.14. The first kappa shape index (κ1) is 7.37. The number of hydrogen-bond acceptors (Lipinski definition) is 1. The van der Waals surface area contributed by atoms with Crippen molar-refractivity contribution >= 4 is 10.9 Å². The molecule has 1 aromatic heterocycles. The number of nitrogens with one attached hydrogen (secondary N) is 1. The van der Waals surface area contributed by atoms with Crippen LogP contribution in [0.5, 0.6) is 0 Å². The molecule has 1 heterocycles. The SMILES string of the molecule is C[C@@H](O)c1cc2ccccc2[nH]1. The molecule has 0 aliphatic rings. The van der Waals surface area contributed by atoms with Crippen molar-refractivity contribution < 1.29 is 5.11 Å². The fourth-order valence-corrected chi connectivity index (χ4v) is 1.32. The van der Waals surface area contributed by atoms with Crippen molar-refractivity contribution in [3.63, 3.8) is 0 Å². The molecule has 2 aromatic rings. The van der Waals surface area contributed by atoms with E-state index in [1.807, 2.05) is 30.3 Å². The normalized spacial score (nSPS) is 13.5. The zero-order chi connectivity index (χ0) is 8.55. The average Bonchev–Trinajstić information content (AvgIpc) is 2.46. The van der Waals surface area contributed by atoms with Gasteiger partial charge in [-0.1, -0.05) is 18.2 Å². The first-order chi connectivity index (χ1) is 5.77. The van der Waals surface area contributed by atoms with E-state index in [-0.39, 0.29) is 0 Å². The Morgan fingerprint density at radius 2 is 2.08 bits per heavy atom. The number of aliphatic hydroxyl groups is 1. The van der Waals surface area contributed by atoms with Crippen molar-refractivity contribution in [2.24, 2.45) is 0 Å². The first-order valence-electron chi connectivity index (χ1n) is 4.03. The molecular formula is C10H11NO. The van der Waals surface area contributed by atoms with Crippen LogP contribution >= 0.6 is 0 Å². The average molecular weight is 161 g/mol. The molecule has 0 saturated heterocycles. The minimum Gasteiger partial charge on any atom is -0.387 e. The van der Waals surface area contributed by atoms with E-state index in [0.29, 0.717) is 0 Å². The van der Waals surface area contributed by atoms with Crippen LogP contribution in [0.2, 0.25) is 0 Å². The lowest BCUT2D eigenvalue weighted by molar-refractivity contribution is 0.195. The summed E-state index contributed by atoms with van der Waals surface area (Å²) in [5.41, 5.74) is 1.95. The molecule has 1 atom stereocenters. The first-order valence-corrected chi connectivity index (χ1v) is 4.03. The third kappa shape index (κ3) is 1.10. The second-order valence-corrected chi connectivity index (χ2v) is 2.99. The van der Waals surface area contributed by atoms with Gasteiger partial charge in [0, 0.05) is 11.2 Å². The molecule has 2 rings (SSSR count). The number of benzene rings is 1. The number of aliphatic hydroxyl groups excluding tert-OH is 1. The number of rotatable bonds is 1. The van der Waals surface area contributed by atoms with Crippen LogP contribution in [0, 0.1) is 0 Å². The maximum atomic E-state index is 9.29. The van der Waals surface area contributed by atoms with E-state index in [1.165, 1.54) is 0 Å². The maximum Gasteiger partial charge on any atom is 0.0910 e. The molecule has 12 heavy (non-hydrogen) atoms. The van der Waals surface area contributed by atoms with Crippen molar-refractivity contribution in [3.05, 3.63) is 36.0 Å². The smallest absolute Gasteiger partial charge is 0.0910 e. The van der Waals surface area contributed by atoms with Crippen molar-refractivity contribution in [1.29, 1.82) is 0 Å². The molecule has 2 nitrogen and oxygen atoms in total. The van der Waals surface area contributed by atoms with E-state index in [2.05, 4.69) is 4.98 Å². The number of para-hydroxylation sites is 1. The van der Waals surface area contributed by atoms with E-state index in [1.54, 1.807) is 6.92 Å². The number of hydrogen-bond donors (Lipinski definition) is 2. The third-order valence-electron chi connectivity index (χ3n) is 2.00. The van der Waals surface area contributed by atoms with Gasteiger partial charge in [0.2, 0.25) is 0 Å². The van der Waals surface area contributed by atoms with Gasteiger partial charge in [-0.2, -0.15) is 0 Å². The molecule has 0 unspecified atom stereocenters. The van der Waals surface area contributed by atoms with Crippen LogP contribution in [-0.2, 0) is 0 Å². The molecule has 0 aliphatic carbocycles. The summed E-state index contributed by atoms with van der Waals surface area (Å²) in [6, 6.07) is 9.96. The fraction of sp³-hybridized carbons (Fsp3) is 0.200. The Balaban J connectivity index is 2.62. The third-order valence-corrected chi connectivity index (χ3v) is 2.00. The highest BCUT2D eigenvalue weighted by Crippen LogP contribution is 2.18. The predicted molar refractivity (Wildman–Crippen MR) is 48.9 cm³/mol. The van der Waals surface area contributed by atoms with Crippen molar-refractivity contribution in [3.8, 4) is 0 Å². The monoisotopic (exact) mass is 161 g/mol. The lowest BCUT2D eigenvalue weighted by Crippen LogP contribution is -1.88. The number of H-pyrrole nitrogens is 1. The molecule has 0 fully saturated rings. The van der Waals surface area contributed by atoms with E-state index in [0.717, 1.165) is 16.6 Å². The minimum absolute atomic E-state index is 0.419. The number of aromatic nitrogens is 1. The van der Waals surface area contributed by atoms with Gasteiger partial charge in [-0.15, -0.1) is 0 Å². The highest BCUT2D eigenvalue weighted by atomic mass is 16.3. The molecule has 2 heteroatoms.